The summed E-state index contributed by atoms with van der Waals surface area (Å²) in [6, 6.07) is 7.33. The van der Waals surface area contributed by atoms with Gasteiger partial charge in [0.05, 0.1) is 18.7 Å². The molecule has 0 aromatic heterocycles. The van der Waals surface area contributed by atoms with Crippen molar-refractivity contribution in [2.45, 2.75) is 20.3 Å². The van der Waals surface area contributed by atoms with Gasteiger partial charge in [-0.1, -0.05) is 0 Å². The summed E-state index contributed by atoms with van der Waals surface area (Å²) in [4.78, 5) is 23.2. The standard InChI is InChI=1S/C15H18N4O3/c1-3-22-12-6-4-11(5-7-12)9-16-18-14(20)8-13-10(2)17-19-15(13)21/h4-7,9,13H,3,8H2,1-2H3,(H,18,20)(H,19,21)/b16-9-/t13-/m0/s1. The Morgan fingerprint density at radius 3 is 2.77 bits per heavy atom. The average molecular weight is 302 g/mol. The fourth-order valence-electron chi connectivity index (χ4n) is 1.96. The van der Waals surface area contributed by atoms with Crippen molar-refractivity contribution in [2.24, 2.45) is 16.1 Å². The Bertz CT molecular complexity index is 608. The number of benzene rings is 1. The first-order valence-corrected chi connectivity index (χ1v) is 6.99. The van der Waals surface area contributed by atoms with Crippen molar-refractivity contribution in [1.82, 2.24) is 10.9 Å². The topological polar surface area (TPSA) is 92.1 Å². The van der Waals surface area contributed by atoms with E-state index >= 15 is 0 Å². The fourth-order valence-corrected chi connectivity index (χ4v) is 1.96. The number of hydrogen-bond donors (Lipinski definition) is 2. The second-order valence-corrected chi connectivity index (χ2v) is 4.78. The number of rotatable bonds is 6. The predicted molar refractivity (Wildman–Crippen MR) is 82.7 cm³/mol. The number of amides is 2. The van der Waals surface area contributed by atoms with Gasteiger partial charge < -0.3 is 4.74 Å². The van der Waals surface area contributed by atoms with E-state index in [-0.39, 0.29) is 18.2 Å². The van der Waals surface area contributed by atoms with E-state index < -0.39 is 5.92 Å². The van der Waals surface area contributed by atoms with Crippen LogP contribution in [0.4, 0.5) is 0 Å². The first kappa shape index (κ1) is 15.7. The third kappa shape index (κ3) is 4.15. The molecule has 7 heteroatoms. The first-order valence-electron chi connectivity index (χ1n) is 6.99. The van der Waals surface area contributed by atoms with E-state index in [1.807, 2.05) is 31.2 Å². The van der Waals surface area contributed by atoms with E-state index in [4.69, 9.17) is 4.74 Å². The van der Waals surface area contributed by atoms with Crippen molar-refractivity contribution in [3.05, 3.63) is 29.8 Å². The van der Waals surface area contributed by atoms with Gasteiger partial charge >= 0.3 is 0 Å². The molecule has 0 radical (unpaired) electrons. The summed E-state index contributed by atoms with van der Waals surface area (Å²) in [5.74, 6) is -0.326. The molecule has 2 amide bonds. The van der Waals surface area contributed by atoms with Crippen LogP contribution in [-0.4, -0.2) is 30.3 Å². The Morgan fingerprint density at radius 2 is 2.18 bits per heavy atom. The molecule has 0 aliphatic carbocycles. The lowest BCUT2D eigenvalue weighted by Crippen LogP contribution is -2.29. The van der Waals surface area contributed by atoms with Crippen LogP contribution in [0, 0.1) is 5.92 Å². The molecule has 1 aromatic rings. The van der Waals surface area contributed by atoms with Crippen molar-refractivity contribution in [3.8, 4) is 5.75 Å². The van der Waals surface area contributed by atoms with Crippen LogP contribution in [0.2, 0.25) is 0 Å². The van der Waals surface area contributed by atoms with Crippen LogP contribution in [0.25, 0.3) is 0 Å². The Hall–Kier alpha value is -2.70. The van der Waals surface area contributed by atoms with Gasteiger partial charge in [-0.2, -0.15) is 10.2 Å². The van der Waals surface area contributed by atoms with E-state index in [1.165, 1.54) is 6.21 Å². The summed E-state index contributed by atoms with van der Waals surface area (Å²) in [6.45, 7) is 4.24. The molecule has 0 fully saturated rings. The summed E-state index contributed by atoms with van der Waals surface area (Å²) >= 11 is 0. The molecule has 1 heterocycles. The van der Waals surface area contributed by atoms with Crippen molar-refractivity contribution in [1.29, 1.82) is 0 Å². The van der Waals surface area contributed by atoms with Crippen LogP contribution in [0.1, 0.15) is 25.8 Å². The highest BCUT2D eigenvalue weighted by molar-refractivity contribution is 6.09. The molecule has 1 aliphatic heterocycles. The van der Waals surface area contributed by atoms with Gasteiger partial charge in [-0.15, -0.1) is 0 Å². The second kappa shape index (κ2) is 7.35. The maximum absolute atomic E-state index is 11.7. The van der Waals surface area contributed by atoms with Crippen molar-refractivity contribution >= 4 is 23.7 Å². The second-order valence-electron chi connectivity index (χ2n) is 4.78. The van der Waals surface area contributed by atoms with Gasteiger partial charge in [-0.3, -0.25) is 9.59 Å². The number of nitrogens with zero attached hydrogens (tertiary/aromatic N) is 2. The number of nitrogens with one attached hydrogen (secondary N) is 2. The smallest absolute Gasteiger partial charge is 0.249 e. The summed E-state index contributed by atoms with van der Waals surface area (Å²) in [5.41, 5.74) is 6.18. The number of hydrogen-bond acceptors (Lipinski definition) is 5. The van der Waals surface area contributed by atoms with Crippen LogP contribution >= 0.6 is 0 Å². The molecule has 7 nitrogen and oxygen atoms in total. The number of carbonyl (C=O) groups is 2. The van der Waals surface area contributed by atoms with Gasteiger partial charge in [-0.05, 0) is 43.7 Å². The quantitative estimate of drug-likeness (QED) is 0.607. The Labute approximate surface area is 128 Å². The summed E-state index contributed by atoms with van der Waals surface area (Å²) in [6.07, 6.45) is 1.56. The molecule has 1 aliphatic rings. The van der Waals surface area contributed by atoms with Crippen LogP contribution in [-0.2, 0) is 9.59 Å². The largest absolute Gasteiger partial charge is 0.494 e. The van der Waals surface area contributed by atoms with Crippen molar-refractivity contribution in [3.63, 3.8) is 0 Å². The zero-order valence-electron chi connectivity index (χ0n) is 12.5. The SMILES string of the molecule is CCOc1ccc(/C=N\NC(=O)C[C@@H]2C(=O)NN=C2C)cc1. The monoisotopic (exact) mass is 302 g/mol. The molecule has 2 N–H and O–H groups in total. The van der Waals surface area contributed by atoms with Crippen LogP contribution in [0.3, 0.4) is 0 Å². The van der Waals surface area contributed by atoms with E-state index in [0.717, 1.165) is 11.3 Å². The van der Waals surface area contributed by atoms with E-state index in [9.17, 15) is 9.59 Å². The van der Waals surface area contributed by atoms with Crippen LogP contribution < -0.4 is 15.6 Å². The van der Waals surface area contributed by atoms with Gasteiger partial charge in [0, 0.05) is 12.1 Å². The normalized spacial score (nSPS) is 17.3. The molecular weight excluding hydrogens is 284 g/mol. The Kier molecular flexibility index (Phi) is 5.24. The van der Waals surface area contributed by atoms with Gasteiger partial charge in [0.25, 0.3) is 0 Å². The third-order valence-electron chi connectivity index (χ3n) is 3.15. The molecule has 0 saturated carbocycles. The molecular formula is C15H18N4O3. The molecule has 2 rings (SSSR count). The summed E-state index contributed by atoms with van der Waals surface area (Å²) < 4.78 is 5.33. The van der Waals surface area contributed by atoms with Gasteiger partial charge in [0.1, 0.15) is 5.75 Å². The zero-order valence-corrected chi connectivity index (χ0v) is 12.5. The minimum atomic E-state index is -0.513. The van der Waals surface area contributed by atoms with Crippen LogP contribution in [0.5, 0.6) is 5.75 Å². The predicted octanol–water partition coefficient (Wildman–Crippen LogP) is 1.05. The Morgan fingerprint density at radius 1 is 1.45 bits per heavy atom. The van der Waals surface area contributed by atoms with E-state index in [0.29, 0.717) is 12.3 Å². The highest BCUT2D eigenvalue weighted by Gasteiger charge is 2.28. The molecule has 0 spiro atoms. The minimum absolute atomic E-state index is 0.0295. The lowest BCUT2D eigenvalue weighted by atomic mass is 10.0. The molecule has 1 atom stereocenters. The van der Waals surface area contributed by atoms with Gasteiger partial charge in [-0.25, -0.2) is 10.9 Å². The van der Waals surface area contributed by atoms with E-state index in [1.54, 1.807) is 6.92 Å². The lowest BCUT2D eigenvalue weighted by Gasteiger charge is -2.05. The third-order valence-corrected chi connectivity index (χ3v) is 3.15. The van der Waals surface area contributed by atoms with Gasteiger partial charge in [0.2, 0.25) is 11.8 Å². The maximum Gasteiger partial charge on any atom is 0.249 e. The van der Waals surface area contributed by atoms with Crippen LogP contribution in [0.15, 0.2) is 34.5 Å². The van der Waals surface area contributed by atoms with Crippen molar-refractivity contribution < 1.29 is 14.3 Å². The molecule has 1 aromatic carbocycles. The Balaban J connectivity index is 1.82. The zero-order chi connectivity index (χ0) is 15.9. The minimum Gasteiger partial charge on any atom is -0.494 e. The number of hydrazone groups is 2. The molecule has 0 unspecified atom stereocenters. The maximum atomic E-state index is 11.7. The highest BCUT2D eigenvalue weighted by atomic mass is 16.5. The number of carbonyl (C=O) groups excluding carboxylic acids is 2. The molecule has 0 saturated heterocycles. The van der Waals surface area contributed by atoms with Gasteiger partial charge in [0.15, 0.2) is 0 Å². The number of ether oxygens (including phenoxy) is 1. The molecule has 116 valence electrons. The summed E-state index contributed by atoms with van der Waals surface area (Å²) in [5, 5.41) is 7.66. The average Bonchev–Trinajstić information content (AvgIpc) is 2.81. The highest BCUT2D eigenvalue weighted by Crippen LogP contribution is 2.12. The summed E-state index contributed by atoms with van der Waals surface area (Å²) in [7, 11) is 0. The lowest BCUT2D eigenvalue weighted by molar-refractivity contribution is -0.127. The molecule has 22 heavy (non-hydrogen) atoms. The first-order chi connectivity index (χ1) is 10.6. The van der Waals surface area contributed by atoms with E-state index in [2.05, 4.69) is 21.1 Å². The van der Waals surface area contributed by atoms with Crippen molar-refractivity contribution in [2.75, 3.05) is 6.61 Å². The molecule has 0 bridgehead atoms. The fraction of sp³-hybridized carbons (Fsp3) is 0.333.